The fourth-order valence-electron chi connectivity index (χ4n) is 4.80. The molecule has 7 heteroatoms. The lowest BCUT2D eigenvalue weighted by Gasteiger charge is -2.38. The topological polar surface area (TPSA) is 81.9 Å². The van der Waals surface area contributed by atoms with Gasteiger partial charge in [-0.05, 0) is 36.6 Å². The van der Waals surface area contributed by atoms with Gasteiger partial charge in [-0.25, -0.2) is 4.79 Å². The molecular weight excluding hydrogens is 414 g/mol. The van der Waals surface area contributed by atoms with Gasteiger partial charge in [-0.2, -0.15) is 0 Å². The molecule has 1 aliphatic heterocycles. The molecule has 4 rings (SSSR count). The van der Waals surface area contributed by atoms with Crippen molar-refractivity contribution in [1.29, 1.82) is 0 Å². The molecule has 3 amide bonds. The number of nitrogens with one attached hydrogen (secondary N) is 1. The van der Waals surface area contributed by atoms with E-state index in [4.69, 9.17) is 5.73 Å². The number of anilines is 2. The van der Waals surface area contributed by atoms with Crippen molar-refractivity contribution in [1.82, 2.24) is 15.1 Å². The summed E-state index contributed by atoms with van der Waals surface area (Å²) in [5, 5.41) is 3.21. The van der Waals surface area contributed by atoms with Crippen LogP contribution in [-0.4, -0.2) is 61.0 Å². The molecule has 0 radical (unpaired) electrons. The molecule has 33 heavy (non-hydrogen) atoms. The Balaban J connectivity index is 1.40. The van der Waals surface area contributed by atoms with Crippen molar-refractivity contribution in [2.24, 2.45) is 0 Å². The summed E-state index contributed by atoms with van der Waals surface area (Å²) in [4.78, 5) is 31.8. The minimum Gasteiger partial charge on any atom is -0.399 e. The second-order valence-electron chi connectivity index (χ2n) is 9.18. The Kier molecular flexibility index (Phi) is 7.37. The summed E-state index contributed by atoms with van der Waals surface area (Å²) < 4.78 is 0. The summed E-state index contributed by atoms with van der Waals surface area (Å²) in [7, 11) is 1.82. The highest BCUT2D eigenvalue weighted by Gasteiger charge is 2.26. The van der Waals surface area contributed by atoms with E-state index in [1.807, 2.05) is 54.4 Å². The SMILES string of the molecule is CN(Cc1ccccc1)C(=O)c1cc(N)ccc1N1CCN(C(=O)NC2CCCCC2)CC1. The molecule has 2 aliphatic rings. The van der Waals surface area contributed by atoms with Crippen LogP contribution in [0.1, 0.15) is 48.0 Å². The number of urea groups is 1. The molecule has 2 fully saturated rings. The van der Waals surface area contributed by atoms with Crippen LogP contribution in [0, 0.1) is 0 Å². The first-order valence-electron chi connectivity index (χ1n) is 12.0. The summed E-state index contributed by atoms with van der Waals surface area (Å²) in [5.74, 6) is -0.0568. The lowest BCUT2D eigenvalue weighted by Crippen LogP contribution is -2.54. The molecule has 7 nitrogen and oxygen atoms in total. The quantitative estimate of drug-likeness (QED) is 0.682. The van der Waals surface area contributed by atoms with Gasteiger partial charge in [0.2, 0.25) is 0 Å². The highest BCUT2D eigenvalue weighted by atomic mass is 16.2. The standard InChI is InChI=1S/C26H35N5O2/c1-29(19-20-8-4-2-5-9-20)25(32)23-18-21(27)12-13-24(23)30-14-16-31(17-15-30)26(33)28-22-10-6-3-7-11-22/h2,4-5,8-9,12-13,18,22H,3,6-7,10-11,14-17,19,27H2,1H3,(H,28,33). The van der Waals surface area contributed by atoms with Crippen molar-refractivity contribution in [3.63, 3.8) is 0 Å². The smallest absolute Gasteiger partial charge is 0.317 e. The number of hydrogen-bond donors (Lipinski definition) is 2. The number of amides is 3. The van der Waals surface area contributed by atoms with Crippen molar-refractivity contribution in [2.75, 3.05) is 43.9 Å². The normalized spacial score (nSPS) is 17.0. The first-order chi connectivity index (χ1) is 16.0. The van der Waals surface area contributed by atoms with Gasteiger partial charge in [0, 0.05) is 57.2 Å². The molecule has 0 unspecified atom stereocenters. The van der Waals surface area contributed by atoms with Crippen LogP contribution in [0.2, 0.25) is 0 Å². The van der Waals surface area contributed by atoms with Crippen LogP contribution in [0.5, 0.6) is 0 Å². The molecule has 0 spiro atoms. The predicted octanol–water partition coefficient (Wildman–Crippen LogP) is 3.71. The Bertz CT molecular complexity index is 950. The maximum absolute atomic E-state index is 13.3. The molecule has 3 N–H and O–H groups in total. The van der Waals surface area contributed by atoms with Gasteiger partial charge in [0.1, 0.15) is 0 Å². The zero-order chi connectivity index (χ0) is 23.2. The highest BCUT2D eigenvalue weighted by Crippen LogP contribution is 2.26. The van der Waals surface area contributed by atoms with Crippen LogP contribution in [0.15, 0.2) is 48.5 Å². The van der Waals surface area contributed by atoms with E-state index in [1.54, 1.807) is 11.0 Å². The number of hydrogen-bond acceptors (Lipinski definition) is 4. The fourth-order valence-corrected chi connectivity index (χ4v) is 4.80. The maximum Gasteiger partial charge on any atom is 0.317 e. The Morgan fingerprint density at radius 1 is 1.00 bits per heavy atom. The minimum absolute atomic E-state index is 0.0396. The number of carbonyl (C=O) groups excluding carboxylic acids is 2. The zero-order valence-corrected chi connectivity index (χ0v) is 19.5. The summed E-state index contributed by atoms with van der Waals surface area (Å²) in [6.45, 7) is 3.17. The van der Waals surface area contributed by atoms with Crippen LogP contribution >= 0.6 is 0 Å². The average Bonchev–Trinajstić information content (AvgIpc) is 2.85. The number of piperazine rings is 1. The summed E-state index contributed by atoms with van der Waals surface area (Å²) >= 11 is 0. The van der Waals surface area contributed by atoms with Crippen molar-refractivity contribution in [3.8, 4) is 0 Å². The van der Waals surface area contributed by atoms with Crippen LogP contribution in [-0.2, 0) is 6.54 Å². The van der Waals surface area contributed by atoms with Gasteiger partial charge in [-0.15, -0.1) is 0 Å². The van der Waals surface area contributed by atoms with E-state index in [2.05, 4.69) is 10.2 Å². The van der Waals surface area contributed by atoms with E-state index in [1.165, 1.54) is 19.3 Å². The highest BCUT2D eigenvalue weighted by molar-refractivity contribution is 6.00. The predicted molar refractivity (Wildman–Crippen MR) is 132 cm³/mol. The van der Waals surface area contributed by atoms with Crippen molar-refractivity contribution in [2.45, 2.75) is 44.7 Å². The number of benzene rings is 2. The molecule has 0 atom stereocenters. The number of nitrogens with two attached hydrogens (primary N) is 1. The van der Waals surface area contributed by atoms with Crippen LogP contribution < -0.4 is 16.0 Å². The first-order valence-corrected chi connectivity index (χ1v) is 12.0. The molecule has 1 heterocycles. The third kappa shape index (κ3) is 5.78. The fraction of sp³-hybridized carbons (Fsp3) is 0.462. The van der Waals surface area contributed by atoms with Crippen LogP contribution in [0.3, 0.4) is 0 Å². The van der Waals surface area contributed by atoms with Gasteiger partial charge in [-0.3, -0.25) is 4.79 Å². The van der Waals surface area contributed by atoms with Gasteiger partial charge in [0.25, 0.3) is 5.91 Å². The van der Waals surface area contributed by atoms with E-state index in [9.17, 15) is 9.59 Å². The molecule has 1 aliphatic carbocycles. The molecule has 0 bridgehead atoms. The van der Waals surface area contributed by atoms with Crippen molar-refractivity contribution >= 4 is 23.3 Å². The second-order valence-corrected chi connectivity index (χ2v) is 9.18. The van der Waals surface area contributed by atoms with E-state index < -0.39 is 0 Å². The number of nitrogens with zero attached hydrogens (tertiary/aromatic N) is 3. The van der Waals surface area contributed by atoms with Crippen LogP contribution in [0.25, 0.3) is 0 Å². The second kappa shape index (κ2) is 10.6. The summed E-state index contributed by atoms with van der Waals surface area (Å²) in [6.07, 6.45) is 5.84. The third-order valence-electron chi connectivity index (χ3n) is 6.70. The molecule has 176 valence electrons. The van der Waals surface area contributed by atoms with Crippen LogP contribution in [0.4, 0.5) is 16.2 Å². The Morgan fingerprint density at radius 2 is 1.70 bits per heavy atom. The number of nitrogen functional groups attached to an aromatic ring is 1. The van der Waals surface area contributed by atoms with Gasteiger partial charge in [0.05, 0.1) is 5.56 Å². The van der Waals surface area contributed by atoms with Gasteiger partial charge in [0.15, 0.2) is 0 Å². The Morgan fingerprint density at radius 3 is 2.39 bits per heavy atom. The van der Waals surface area contributed by atoms with E-state index >= 15 is 0 Å². The van der Waals surface area contributed by atoms with E-state index in [0.29, 0.717) is 50.0 Å². The summed E-state index contributed by atoms with van der Waals surface area (Å²) in [6, 6.07) is 15.8. The molecule has 0 aromatic heterocycles. The Labute approximate surface area is 196 Å². The minimum atomic E-state index is -0.0568. The largest absolute Gasteiger partial charge is 0.399 e. The molecule has 1 saturated heterocycles. The molecule has 2 aromatic carbocycles. The molecule has 1 saturated carbocycles. The van der Waals surface area contributed by atoms with Gasteiger partial charge < -0.3 is 25.8 Å². The lowest BCUT2D eigenvalue weighted by atomic mass is 9.96. The molecular formula is C26H35N5O2. The molecule has 2 aromatic rings. The number of rotatable bonds is 5. The van der Waals surface area contributed by atoms with Gasteiger partial charge >= 0.3 is 6.03 Å². The zero-order valence-electron chi connectivity index (χ0n) is 19.5. The van der Waals surface area contributed by atoms with Crippen molar-refractivity contribution < 1.29 is 9.59 Å². The van der Waals surface area contributed by atoms with Gasteiger partial charge in [-0.1, -0.05) is 49.6 Å². The first kappa shape index (κ1) is 23.0. The Hall–Kier alpha value is -3.22. The number of carbonyl (C=O) groups is 2. The van der Waals surface area contributed by atoms with Crippen molar-refractivity contribution in [3.05, 3.63) is 59.7 Å². The maximum atomic E-state index is 13.3. The monoisotopic (exact) mass is 449 g/mol. The van der Waals surface area contributed by atoms with E-state index in [0.717, 1.165) is 24.1 Å². The average molecular weight is 450 g/mol. The third-order valence-corrected chi connectivity index (χ3v) is 6.70. The summed E-state index contributed by atoms with van der Waals surface area (Å²) in [5.41, 5.74) is 9.18. The van der Waals surface area contributed by atoms with E-state index in [-0.39, 0.29) is 11.9 Å². The lowest BCUT2D eigenvalue weighted by molar-refractivity contribution is 0.0785.